The monoisotopic (exact) mass is 477 g/mol. The molecule has 0 unspecified atom stereocenters. The summed E-state index contributed by atoms with van der Waals surface area (Å²) >= 11 is 5.95. The first-order chi connectivity index (χ1) is 15.7. The van der Waals surface area contributed by atoms with Crippen molar-refractivity contribution in [3.63, 3.8) is 0 Å². The van der Waals surface area contributed by atoms with E-state index in [2.05, 4.69) is 15.6 Å². The first-order valence-corrected chi connectivity index (χ1v) is 10.5. The third kappa shape index (κ3) is 4.89. The van der Waals surface area contributed by atoms with Gasteiger partial charge in [-0.05, 0) is 35.7 Å². The molecule has 0 bridgehead atoms. The van der Waals surface area contributed by atoms with Gasteiger partial charge in [-0.25, -0.2) is 13.2 Å². The van der Waals surface area contributed by atoms with E-state index >= 15 is 0 Å². The summed E-state index contributed by atoms with van der Waals surface area (Å²) in [7, 11) is 0. The van der Waals surface area contributed by atoms with E-state index in [1.54, 1.807) is 24.3 Å². The lowest BCUT2D eigenvalue weighted by atomic mass is 10.0. The SMILES string of the molecule is O=C(CCc1cc(-c2c(F)cc(F)cc2F)[nH]c1-c1ccc(Cl)cc1)N[C@@H]1C(=O)NC[C@H]1O. The number of aromatic amines is 1. The molecule has 172 valence electrons. The van der Waals surface area contributed by atoms with Crippen LogP contribution in [0, 0.1) is 17.5 Å². The summed E-state index contributed by atoms with van der Waals surface area (Å²) in [6.07, 6.45) is -0.910. The number of aryl methyl sites for hydroxylation is 1. The quantitative estimate of drug-likeness (QED) is 0.439. The molecule has 2 aromatic carbocycles. The lowest BCUT2D eigenvalue weighted by Gasteiger charge is -2.13. The van der Waals surface area contributed by atoms with Gasteiger partial charge in [0, 0.05) is 35.8 Å². The number of rotatable bonds is 6. The number of H-pyrrole nitrogens is 1. The van der Waals surface area contributed by atoms with E-state index in [1.165, 1.54) is 6.07 Å². The first-order valence-electron chi connectivity index (χ1n) is 10.1. The molecule has 4 N–H and O–H groups in total. The summed E-state index contributed by atoms with van der Waals surface area (Å²) in [5.74, 6) is -4.11. The van der Waals surface area contributed by atoms with Crippen LogP contribution < -0.4 is 10.6 Å². The molecule has 0 saturated carbocycles. The predicted octanol–water partition coefficient (Wildman–Crippen LogP) is 3.33. The van der Waals surface area contributed by atoms with Gasteiger partial charge in [-0.3, -0.25) is 9.59 Å². The van der Waals surface area contributed by atoms with Crippen LogP contribution in [0.5, 0.6) is 0 Å². The maximum absolute atomic E-state index is 14.4. The first kappa shape index (κ1) is 22.9. The summed E-state index contributed by atoms with van der Waals surface area (Å²) in [5, 5.41) is 15.2. The molecule has 2 amide bonds. The Hall–Kier alpha value is -3.30. The van der Waals surface area contributed by atoms with E-state index in [0.717, 1.165) is 0 Å². The molecular weight excluding hydrogens is 459 g/mol. The van der Waals surface area contributed by atoms with Crippen molar-refractivity contribution >= 4 is 23.4 Å². The predicted molar refractivity (Wildman–Crippen MR) is 116 cm³/mol. The van der Waals surface area contributed by atoms with Gasteiger partial charge >= 0.3 is 0 Å². The Morgan fingerprint density at radius 2 is 1.79 bits per heavy atom. The van der Waals surface area contributed by atoms with Crippen molar-refractivity contribution in [2.24, 2.45) is 0 Å². The number of carbonyl (C=O) groups is 2. The highest BCUT2D eigenvalue weighted by Crippen LogP contribution is 2.33. The standard InChI is InChI=1S/C23H19ClF3N3O3/c24-13-4-1-11(2-5-13)21-12(3-6-19(32)30-22-18(31)10-28-23(22)33)7-17(29-21)20-15(26)8-14(25)9-16(20)27/h1-2,4-5,7-9,18,22,29,31H,3,6,10H2,(H,28,33)(H,30,32)/t18-,22+/m1/s1. The Morgan fingerprint density at radius 3 is 2.39 bits per heavy atom. The number of hydrogen-bond acceptors (Lipinski definition) is 3. The maximum atomic E-state index is 14.4. The van der Waals surface area contributed by atoms with Crippen molar-refractivity contribution in [2.45, 2.75) is 25.0 Å². The fraction of sp³-hybridized carbons (Fsp3) is 0.217. The number of aliphatic hydroxyl groups is 1. The zero-order valence-electron chi connectivity index (χ0n) is 17.1. The van der Waals surface area contributed by atoms with Crippen molar-refractivity contribution in [2.75, 3.05) is 6.54 Å². The molecule has 1 saturated heterocycles. The van der Waals surface area contributed by atoms with Crippen LogP contribution in [-0.2, 0) is 16.0 Å². The lowest BCUT2D eigenvalue weighted by molar-refractivity contribution is -0.128. The minimum Gasteiger partial charge on any atom is -0.389 e. The topological polar surface area (TPSA) is 94.2 Å². The van der Waals surface area contributed by atoms with Crippen LogP contribution >= 0.6 is 11.6 Å². The van der Waals surface area contributed by atoms with Gasteiger partial charge < -0.3 is 20.7 Å². The van der Waals surface area contributed by atoms with E-state index in [-0.39, 0.29) is 25.1 Å². The van der Waals surface area contributed by atoms with E-state index in [0.29, 0.717) is 34.0 Å². The van der Waals surface area contributed by atoms with Crippen LogP contribution in [0.1, 0.15) is 12.0 Å². The number of β-amino-alcohol motifs (C(OH)–C–C–N with tert-alkyl or cyclic N) is 1. The van der Waals surface area contributed by atoms with E-state index in [4.69, 9.17) is 11.6 Å². The molecule has 1 fully saturated rings. The Kier molecular flexibility index (Phi) is 6.44. The Bertz CT molecular complexity index is 1190. The van der Waals surface area contributed by atoms with Gasteiger partial charge in [-0.15, -0.1) is 0 Å². The Balaban J connectivity index is 1.63. The van der Waals surface area contributed by atoms with Crippen molar-refractivity contribution in [3.8, 4) is 22.5 Å². The molecule has 2 atom stereocenters. The lowest BCUT2D eigenvalue weighted by Crippen LogP contribution is -2.45. The summed E-state index contributed by atoms with van der Waals surface area (Å²) in [6, 6.07) is 8.35. The fourth-order valence-corrected chi connectivity index (χ4v) is 3.89. The average Bonchev–Trinajstić information content (AvgIpc) is 3.30. The Labute approximate surface area is 191 Å². The number of aromatic nitrogens is 1. The van der Waals surface area contributed by atoms with Crippen molar-refractivity contribution in [1.82, 2.24) is 15.6 Å². The molecule has 10 heteroatoms. The number of nitrogens with one attached hydrogen (secondary N) is 3. The number of amides is 2. The van der Waals surface area contributed by atoms with E-state index in [9.17, 15) is 27.9 Å². The highest BCUT2D eigenvalue weighted by atomic mass is 35.5. The number of aliphatic hydroxyl groups excluding tert-OH is 1. The number of halogens is 4. The average molecular weight is 478 g/mol. The molecule has 1 aromatic heterocycles. The largest absolute Gasteiger partial charge is 0.389 e. The zero-order valence-corrected chi connectivity index (χ0v) is 17.8. The smallest absolute Gasteiger partial charge is 0.245 e. The van der Waals surface area contributed by atoms with Crippen molar-refractivity contribution in [3.05, 3.63) is 70.5 Å². The van der Waals surface area contributed by atoms with Gasteiger partial charge in [0.05, 0.1) is 11.3 Å². The molecule has 1 aliphatic heterocycles. The maximum Gasteiger partial charge on any atom is 0.245 e. The second kappa shape index (κ2) is 9.29. The van der Waals surface area contributed by atoms with Crippen LogP contribution in [-0.4, -0.2) is 40.6 Å². The molecule has 4 rings (SSSR count). The number of hydrogen-bond donors (Lipinski definition) is 4. The summed E-state index contributed by atoms with van der Waals surface area (Å²) in [6.45, 7) is 0.0560. The molecule has 33 heavy (non-hydrogen) atoms. The molecule has 3 aromatic rings. The minimum absolute atomic E-state index is 0.0528. The van der Waals surface area contributed by atoms with Crippen LogP contribution in [0.15, 0.2) is 42.5 Å². The molecule has 1 aliphatic rings. The highest BCUT2D eigenvalue weighted by Gasteiger charge is 2.34. The van der Waals surface area contributed by atoms with Gasteiger partial charge in [-0.2, -0.15) is 0 Å². The van der Waals surface area contributed by atoms with Gasteiger partial charge in [0.2, 0.25) is 11.8 Å². The second-order valence-corrected chi connectivity index (χ2v) is 8.13. The third-order valence-electron chi connectivity index (χ3n) is 5.40. The molecule has 6 nitrogen and oxygen atoms in total. The van der Waals surface area contributed by atoms with Crippen LogP contribution in [0.3, 0.4) is 0 Å². The highest BCUT2D eigenvalue weighted by molar-refractivity contribution is 6.30. The zero-order chi connectivity index (χ0) is 23.7. The molecular formula is C23H19ClF3N3O3. The summed E-state index contributed by atoms with van der Waals surface area (Å²) < 4.78 is 42.1. The van der Waals surface area contributed by atoms with Gasteiger partial charge in [-0.1, -0.05) is 23.7 Å². The van der Waals surface area contributed by atoms with Crippen LogP contribution in [0.4, 0.5) is 13.2 Å². The normalized spacial score (nSPS) is 17.8. The number of benzene rings is 2. The van der Waals surface area contributed by atoms with E-state index in [1.807, 2.05) is 0 Å². The summed E-state index contributed by atoms with van der Waals surface area (Å²) in [4.78, 5) is 27.1. The molecule has 2 heterocycles. The van der Waals surface area contributed by atoms with Gasteiger partial charge in [0.15, 0.2) is 0 Å². The van der Waals surface area contributed by atoms with Crippen LogP contribution in [0.2, 0.25) is 5.02 Å². The van der Waals surface area contributed by atoms with Crippen molar-refractivity contribution in [1.29, 1.82) is 0 Å². The fourth-order valence-electron chi connectivity index (χ4n) is 3.77. The van der Waals surface area contributed by atoms with Gasteiger partial charge in [0.1, 0.15) is 29.6 Å². The summed E-state index contributed by atoms with van der Waals surface area (Å²) in [5.41, 5.74) is 1.40. The van der Waals surface area contributed by atoms with Gasteiger partial charge in [0.25, 0.3) is 0 Å². The Morgan fingerprint density at radius 1 is 1.12 bits per heavy atom. The third-order valence-corrected chi connectivity index (χ3v) is 5.65. The minimum atomic E-state index is -1.07. The molecule has 0 aliphatic carbocycles. The number of carbonyl (C=O) groups excluding carboxylic acids is 2. The van der Waals surface area contributed by atoms with E-state index < -0.39 is 47.0 Å². The molecule has 0 spiro atoms. The second-order valence-electron chi connectivity index (χ2n) is 7.69. The van der Waals surface area contributed by atoms with Crippen molar-refractivity contribution < 1.29 is 27.9 Å². The van der Waals surface area contributed by atoms with Crippen LogP contribution in [0.25, 0.3) is 22.5 Å². The molecule has 0 radical (unpaired) electrons.